The second-order valence-electron chi connectivity index (χ2n) is 2.68. The monoisotopic (exact) mass is 210 g/mol. The molecule has 0 atom stereocenters. The fourth-order valence-corrected chi connectivity index (χ4v) is 1.46. The van der Waals surface area contributed by atoms with E-state index in [0.717, 1.165) is 5.52 Å². The SMILES string of the molecule is N/C(=N/O)c1nn2ccccc2c1Cl. The van der Waals surface area contributed by atoms with Crippen LogP contribution < -0.4 is 5.73 Å². The molecule has 2 rings (SSSR count). The molecule has 5 nitrogen and oxygen atoms in total. The lowest BCUT2D eigenvalue weighted by molar-refractivity contribution is 0.318. The normalized spacial score (nSPS) is 12.2. The van der Waals surface area contributed by atoms with Crippen LogP contribution in [0.2, 0.25) is 5.02 Å². The molecule has 0 unspecified atom stereocenters. The number of pyridine rings is 1. The molecular weight excluding hydrogens is 204 g/mol. The first kappa shape index (κ1) is 8.83. The van der Waals surface area contributed by atoms with Crippen LogP contribution in [-0.4, -0.2) is 20.7 Å². The minimum Gasteiger partial charge on any atom is -0.409 e. The second kappa shape index (κ2) is 3.19. The van der Waals surface area contributed by atoms with Gasteiger partial charge in [0, 0.05) is 6.20 Å². The van der Waals surface area contributed by atoms with Gasteiger partial charge < -0.3 is 10.9 Å². The number of nitrogens with two attached hydrogens (primary N) is 1. The van der Waals surface area contributed by atoms with Crippen LogP contribution in [0.4, 0.5) is 0 Å². The second-order valence-corrected chi connectivity index (χ2v) is 3.06. The molecule has 72 valence electrons. The first-order chi connectivity index (χ1) is 6.74. The van der Waals surface area contributed by atoms with Crippen LogP contribution in [0, 0.1) is 0 Å². The average molecular weight is 211 g/mol. The van der Waals surface area contributed by atoms with Crippen molar-refractivity contribution in [2.75, 3.05) is 0 Å². The number of aromatic nitrogens is 2. The fourth-order valence-electron chi connectivity index (χ4n) is 1.18. The summed E-state index contributed by atoms with van der Waals surface area (Å²) in [5.74, 6) is -0.0984. The highest BCUT2D eigenvalue weighted by Gasteiger charge is 2.13. The zero-order valence-corrected chi connectivity index (χ0v) is 7.81. The van der Waals surface area contributed by atoms with Gasteiger partial charge in [-0.15, -0.1) is 0 Å². The molecule has 2 aromatic rings. The van der Waals surface area contributed by atoms with E-state index in [1.807, 2.05) is 12.1 Å². The van der Waals surface area contributed by atoms with E-state index in [-0.39, 0.29) is 11.5 Å². The molecule has 3 N–H and O–H groups in total. The molecule has 2 aromatic heterocycles. The highest BCUT2D eigenvalue weighted by molar-refractivity contribution is 6.37. The van der Waals surface area contributed by atoms with Gasteiger partial charge in [0.1, 0.15) is 0 Å². The Morgan fingerprint density at radius 2 is 2.36 bits per heavy atom. The number of hydrogen-bond acceptors (Lipinski definition) is 3. The van der Waals surface area contributed by atoms with Crippen molar-refractivity contribution in [3.05, 3.63) is 35.1 Å². The molecule has 0 saturated carbocycles. The quantitative estimate of drug-likeness (QED) is 0.320. The number of amidine groups is 1. The Kier molecular flexibility index (Phi) is 2.01. The van der Waals surface area contributed by atoms with Crippen LogP contribution >= 0.6 is 11.6 Å². The fraction of sp³-hybridized carbons (Fsp3) is 0. The Bertz CT molecular complexity index is 505. The van der Waals surface area contributed by atoms with Gasteiger partial charge in [-0.25, -0.2) is 4.52 Å². The molecule has 0 aliphatic heterocycles. The number of hydrogen-bond donors (Lipinski definition) is 2. The van der Waals surface area contributed by atoms with E-state index >= 15 is 0 Å². The van der Waals surface area contributed by atoms with Gasteiger partial charge in [-0.3, -0.25) is 0 Å². The van der Waals surface area contributed by atoms with E-state index in [1.165, 1.54) is 0 Å². The number of fused-ring (bicyclic) bond motifs is 1. The van der Waals surface area contributed by atoms with E-state index in [0.29, 0.717) is 5.02 Å². The maximum atomic E-state index is 8.49. The Balaban J connectivity index is 2.75. The molecule has 0 bridgehead atoms. The Hall–Kier alpha value is -1.75. The van der Waals surface area contributed by atoms with Gasteiger partial charge in [0.25, 0.3) is 0 Å². The van der Waals surface area contributed by atoms with E-state index in [4.69, 9.17) is 22.5 Å². The standard InChI is InChI=1S/C8H7ClN4O/c9-6-5-3-1-2-4-13(5)11-7(6)8(10)12-14/h1-4,14H,(H2,10,12). The lowest BCUT2D eigenvalue weighted by Crippen LogP contribution is -2.14. The van der Waals surface area contributed by atoms with Crippen molar-refractivity contribution >= 4 is 23.0 Å². The van der Waals surface area contributed by atoms with Gasteiger partial charge in [0.2, 0.25) is 0 Å². The Labute approximate surface area is 84.4 Å². The van der Waals surface area contributed by atoms with Crippen molar-refractivity contribution in [1.29, 1.82) is 0 Å². The van der Waals surface area contributed by atoms with Gasteiger partial charge in [-0.2, -0.15) is 5.10 Å². The van der Waals surface area contributed by atoms with Crippen molar-refractivity contribution in [2.24, 2.45) is 10.9 Å². The summed E-state index contributed by atoms with van der Waals surface area (Å²) in [4.78, 5) is 0. The van der Waals surface area contributed by atoms with Gasteiger partial charge in [0.05, 0.1) is 10.5 Å². The predicted octanol–water partition coefficient (Wildman–Crippen LogP) is 1.08. The summed E-state index contributed by atoms with van der Waals surface area (Å²) in [7, 11) is 0. The van der Waals surface area contributed by atoms with E-state index < -0.39 is 0 Å². The number of rotatable bonds is 1. The third kappa shape index (κ3) is 1.18. The molecule has 0 aliphatic carbocycles. The third-order valence-electron chi connectivity index (χ3n) is 1.83. The zero-order valence-electron chi connectivity index (χ0n) is 7.05. The molecule has 0 fully saturated rings. The maximum absolute atomic E-state index is 8.49. The summed E-state index contributed by atoms with van der Waals surface area (Å²) >= 11 is 5.98. The summed E-state index contributed by atoms with van der Waals surface area (Å²) in [5.41, 5.74) is 6.40. The molecule has 0 aromatic carbocycles. The van der Waals surface area contributed by atoms with Crippen molar-refractivity contribution < 1.29 is 5.21 Å². The van der Waals surface area contributed by atoms with Crippen molar-refractivity contribution in [3.63, 3.8) is 0 Å². The largest absolute Gasteiger partial charge is 0.409 e. The number of nitrogens with zero attached hydrogens (tertiary/aromatic N) is 3. The van der Waals surface area contributed by atoms with Crippen LogP contribution in [0.3, 0.4) is 0 Å². The molecule has 0 aliphatic rings. The molecule has 0 radical (unpaired) electrons. The minimum atomic E-state index is -0.0984. The third-order valence-corrected chi connectivity index (χ3v) is 2.20. The summed E-state index contributed by atoms with van der Waals surface area (Å²) in [6, 6.07) is 5.44. The summed E-state index contributed by atoms with van der Waals surface area (Å²) < 4.78 is 1.57. The lowest BCUT2D eigenvalue weighted by atomic mass is 10.3. The Morgan fingerprint density at radius 1 is 1.57 bits per heavy atom. The summed E-state index contributed by atoms with van der Waals surface area (Å²) in [6.07, 6.45) is 1.73. The van der Waals surface area contributed by atoms with Crippen LogP contribution in [0.25, 0.3) is 5.52 Å². The van der Waals surface area contributed by atoms with Crippen LogP contribution in [0.1, 0.15) is 5.69 Å². The predicted molar refractivity (Wildman–Crippen MR) is 52.7 cm³/mol. The van der Waals surface area contributed by atoms with E-state index in [2.05, 4.69) is 10.3 Å². The van der Waals surface area contributed by atoms with E-state index in [1.54, 1.807) is 16.8 Å². The molecular formula is C8H7ClN4O. The van der Waals surface area contributed by atoms with Crippen molar-refractivity contribution in [3.8, 4) is 0 Å². The molecule has 0 spiro atoms. The topological polar surface area (TPSA) is 75.9 Å². The number of halogens is 1. The molecule has 0 saturated heterocycles. The lowest BCUT2D eigenvalue weighted by Gasteiger charge is -1.90. The summed E-state index contributed by atoms with van der Waals surface area (Å²) in [5, 5.41) is 15.8. The highest BCUT2D eigenvalue weighted by atomic mass is 35.5. The first-order valence-corrected chi connectivity index (χ1v) is 4.22. The maximum Gasteiger partial charge on any atom is 0.192 e. The van der Waals surface area contributed by atoms with Gasteiger partial charge in [0.15, 0.2) is 11.5 Å². The van der Waals surface area contributed by atoms with Crippen LogP contribution in [0.5, 0.6) is 0 Å². The smallest absolute Gasteiger partial charge is 0.192 e. The van der Waals surface area contributed by atoms with Gasteiger partial charge in [-0.05, 0) is 12.1 Å². The van der Waals surface area contributed by atoms with Crippen LogP contribution in [-0.2, 0) is 0 Å². The minimum absolute atomic E-state index is 0.0984. The van der Waals surface area contributed by atoms with Crippen molar-refractivity contribution in [1.82, 2.24) is 9.61 Å². The molecule has 2 heterocycles. The zero-order chi connectivity index (χ0) is 10.1. The van der Waals surface area contributed by atoms with Crippen molar-refractivity contribution in [2.45, 2.75) is 0 Å². The first-order valence-electron chi connectivity index (χ1n) is 3.85. The molecule has 14 heavy (non-hydrogen) atoms. The summed E-state index contributed by atoms with van der Waals surface area (Å²) in [6.45, 7) is 0. The number of oxime groups is 1. The van der Waals surface area contributed by atoms with Gasteiger partial charge in [-0.1, -0.05) is 22.8 Å². The van der Waals surface area contributed by atoms with E-state index in [9.17, 15) is 0 Å². The Morgan fingerprint density at radius 3 is 3.00 bits per heavy atom. The van der Waals surface area contributed by atoms with Gasteiger partial charge >= 0.3 is 0 Å². The average Bonchev–Trinajstić information content (AvgIpc) is 2.56. The molecule has 0 amide bonds. The molecule has 6 heteroatoms. The highest BCUT2D eigenvalue weighted by Crippen LogP contribution is 2.20. The van der Waals surface area contributed by atoms with Crippen LogP contribution in [0.15, 0.2) is 29.6 Å².